The Hall–Kier alpha value is -2.48. The van der Waals surface area contributed by atoms with Crippen LogP contribution in [0, 0.1) is 6.92 Å². The number of ether oxygens (including phenoxy) is 2. The molecular formula is C15H18N4O4. The number of carbonyl (C=O) groups excluding carboxylic acids is 1. The summed E-state index contributed by atoms with van der Waals surface area (Å²) in [4.78, 5) is 16.3. The zero-order valence-electron chi connectivity index (χ0n) is 12.8. The molecule has 1 aliphatic heterocycles. The molecule has 2 aromatic heterocycles. The lowest BCUT2D eigenvalue weighted by molar-refractivity contribution is -0.123. The van der Waals surface area contributed by atoms with Crippen LogP contribution < -0.4 is 10.1 Å². The van der Waals surface area contributed by atoms with Crippen LogP contribution in [0.4, 0.5) is 0 Å². The third-order valence-corrected chi connectivity index (χ3v) is 3.62. The molecule has 0 radical (unpaired) electrons. The van der Waals surface area contributed by atoms with Crippen molar-refractivity contribution in [3.63, 3.8) is 0 Å². The molecule has 0 unspecified atom stereocenters. The van der Waals surface area contributed by atoms with Crippen LogP contribution in [0.3, 0.4) is 0 Å². The van der Waals surface area contributed by atoms with Crippen LogP contribution >= 0.6 is 0 Å². The highest BCUT2D eigenvalue weighted by Gasteiger charge is 2.29. The molecule has 0 aromatic carbocycles. The molecule has 2 atom stereocenters. The Morgan fingerprint density at radius 1 is 1.43 bits per heavy atom. The Bertz CT molecular complexity index is 646. The highest BCUT2D eigenvalue weighted by molar-refractivity contribution is 5.78. The predicted octanol–water partition coefficient (Wildman–Crippen LogP) is 0.668. The largest absolute Gasteiger partial charge is 0.472 e. The fourth-order valence-electron chi connectivity index (χ4n) is 2.39. The SMILES string of the molecule is Cc1nonc1CC(=O)N[C@H]1COCC[C@@H]1Oc1ccccn1. The molecule has 23 heavy (non-hydrogen) atoms. The quantitative estimate of drug-likeness (QED) is 0.864. The van der Waals surface area contributed by atoms with E-state index < -0.39 is 0 Å². The molecule has 0 spiro atoms. The van der Waals surface area contributed by atoms with Gasteiger partial charge in [-0.1, -0.05) is 16.4 Å². The van der Waals surface area contributed by atoms with Crippen LogP contribution in [0.2, 0.25) is 0 Å². The van der Waals surface area contributed by atoms with Crippen molar-refractivity contribution >= 4 is 5.91 Å². The Kier molecular flexibility index (Phi) is 4.82. The zero-order valence-corrected chi connectivity index (χ0v) is 12.8. The molecule has 1 saturated heterocycles. The summed E-state index contributed by atoms with van der Waals surface area (Å²) in [6, 6.07) is 5.23. The molecule has 3 rings (SSSR count). The lowest BCUT2D eigenvalue weighted by atomic mass is 10.1. The van der Waals surface area contributed by atoms with Crippen LogP contribution in [0.15, 0.2) is 29.0 Å². The summed E-state index contributed by atoms with van der Waals surface area (Å²) in [5.41, 5.74) is 1.14. The summed E-state index contributed by atoms with van der Waals surface area (Å²) < 4.78 is 15.9. The molecule has 8 heteroatoms. The Morgan fingerprint density at radius 2 is 2.35 bits per heavy atom. The van der Waals surface area contributed by atoms with Crippen molar-refractivity contribution in [3.8, 4) is 5.88 Å². The second kappa shape index (κ2) is 7.19. The minimum absolute atomic E-state index is 0.113. The molecular weight excluding hydrogens is 300 g/mol. The summed E-state index contributed by atoms with van der Waals surface area (Å²) in [7, 11) is 0. The van der Waals surface area contributed by atoms with Gasteiger partial charge in [-0.3, -0.25) is 4.79 Å². The first-order valence-electron chi connectivity index (χ1n) is 7.45. The normalized spacial score (nSPS) is 20.9. The number of aromatic nitrogens is 3. The summed E-state index contributed by atoms with van der Waals surface area (Å²) in [5.74, 6) is 0.365. The molecule has 1 N–H and O–H groups in total. The van der Waals surface area contributed by atoms with Gasteiger partial charge >= 0.3 is 0 Å². The van der Waals surface area contributed by atoms with Gasteiger partial charge in [0.05, 0.1) is 25.7 Å². The third kappa shape index (κ3) is 4.04. The summed E-state index contributed by atoms with van der Waals surface area (Å²) in [5, 5.41) is 10.3. The van der Waals surface area contributed by atoms with Crippen molar-refractivity contribution in [1.82, 2.24) is 20.6 Å². The molecule has 0 bridgehead atoms. The number of amides is 1. The maximum absolute atomic E-state index is 12.2. The molecule has 0 saturated carbocycles. The van der Waals surface area contributed by atoms with Crippen molar-refractivity contribution in [3.05, 3.63) is 35.8 Å². The van der Waals surface area contributed by atoms with Gasteiger partial charge in [-0.05, 0) is 13.0 Å². The number of carbonyl (C=O) groups is 1. The van der Waals surface area contributed by atoms with Crippen LogP contribution in [0.25, 0.3) is 0 Å². The van der Waals surface area contributed by atoms with Gasteiger partial charge < -0.3 is 14.8 Å². The van der Waals surface area contributed by atoms with Gasteiger partial charge in [-0.15, -0.1) is 0 Å². The topological polar surface area (TPSA) is 99.4 Å². The first-order chi connectivity index (χ1) is 11.2. The second-order valence-electron chi connectivity index (χ2n) is 5.33. The average Bonchev–Trinajstić information content (AvgIpc) is 2.95. The van der Waals surface area contributed by atoms with Gasteiger partial charge in [0.25, 0.3) is 0 Å². The number of nitrogens with one attached hydrogen (secondary N) is 1. The zero-order chi connectivity index (χ0) is 16.1. The van der Waals surface area contributed by atoms with E-state index in [0.717, 1.165) is 0 Å². The Balaban J connectivity index is 1.60. The smallest absolute Gasteiger partial charge is 0.226 e. The number of rotatable bonds is 5. The number of hydrogen-bond donors (Lipinski definition) is 1. The summed E-state index contributed by atoms with van der Waals surface area (Å²) in [6.45, 7) is 2.74. The molecule has 3 heterocycles. The van der Waals surface area contributed by atoms with Gasteiger partial charge in [-0.2, -0.15) is 0 Å². The van der Waals surface area contributed by atoms with Crippen molar-refractivity contribution in [1.29, 1.82) is 0 Å². The number of aryl methyl sites for hydroxylation is 1. The van der Waals surface area contributed by atoms with Gasteiger partial charge in [0.2, 0.25) is 11.8 Å². The van der Waals surface area contributed by atoms with E-state index in [-0.39, 0.29) is 24.5 Å². The third-order valence-electron chi connectivity index (χ3n) is 3.62. The Labute approximate surface area is 133 Å². The van der Waals surface area contributed by atoms with Crippen LogP contribution in [-0.4, -0.2) is 46.6 Å². The standard InChI is InChI=1S/C15H18N4O4/c1-10-11(19-23-18-10)8-14(20)17-12-9-21-7-5-13(12)22-15-4-2-3-6-16-15/h2-4,6,12-13H,5,7-9H2,1H3,(H,17,20)/t12-,13-/m0/s1. The van der Waals surface area contributed by atoms with Gasteiger partial charge in [-0.25, -0.2) is 9.61 Å². The lowest BCUT2D eigenvalue weighted by Crippen LogP contribution is -2.52. The van der Waals surface area contributed by atoms with Crippen LogP contribution in [0.5, 0.6) is 5.88 Å². The summed E-state index contributed by atoms with van der Waals surface area (Å²) in [6.07, 6.45) is 2.29. The average molecular weight is 318 g/mol. The van der Waals surface area contributed by atoms with Gasteiger partial charge in [0, 0.05) is 18.7 Å². The maximum Gasteiger partial charge on any atom is 0.226 e. The molecule has 8 nitrogen and oxygen atoms in total. The van der Waals surface area contributed by atoms with E-state index in [9.17, 15) is 4.79 Å². The van der Waals surface area contributed by atoms with Gasteiger partial charge in [0.15, 0.2) is 0 Å². The van der Waals surface area contributed by atoms with Gasteiger partial charge in [0.1, 0.15) is 17.5 Å². The van der Waals surface area contributed by atoms with E-state index in [1.54, 1.807) is 19.2 Å². The second-order valence-corrected chi connectivity index (χ2v) is 5.33. The van der Waals surface area contributed by atoms with Crippen molar-refractivity contribution in [2.24, 2.45) is 0 Å². The first-order valence-corrected chi connectivity index (χ1v) is 7.45. The number of hydrogen-bond acceptors (Lipinski definition) is 7. The highest BCUT2D eigenvalue weighted by atomic mass is 16.6. The fraction of sp³-hybridized carbons (Fsp3) is 0.467. The van der Waals surface area contributed by atoms with Crippen molar-refractivity contribution < 1.29 is 18.9 Å². The van der Waals surface area contributed by atoms with Crippen LogP contribution in [-0.2, 0) is 16.0 Å². The lowest BCUT2D eigenvalue weighted by Gasteiger charge is -2.32. The maximum atomic E-state index is 12.2. The monoisotopic (exact) mass is 318 g/mol. The van der Waals surface area contributed by atoms with E-state index >= 15 is 0 Å². The molecule has 0 aliphatic carbocycles. The molecule has 122 valence electrons. The summed E-state index contributed by atoms with van der Waals surface area (Å²) >= 11 is 0. The van der Waals surface area contributed by atoms with E-state index in [0.29, 0.717) is 36.9 Å². The molecule has 1 fully saturated rings. The number of nitrogens with zero attached hydrogens (tertiary/aromatic N) is 3. The Morgan fingerprint density at radius 3 is 3.09 bits per heavy atom. The molecule has 2 aromatic rings. The van der Waals surface area contributed by atoms with E-state index in [2.05, 4.69) is 25.2 Å². The minimum atomic E-state index is -0.238. The minimum Gasteiger partial charge on any atom is -0.472 e. The molecule has 1 amide bonds. The number of pyridine rings is 1. The predicted molar refractivity (Wildman–Crippen MR) is 78.8 cm³/mol. The van der Waals surface area contributed by atoms with Crippen LogP contribution in [0.1, 0.15) is 17.8 Å². The van der Waals surface area contributed by atoms with Crippen molar-refractivity contribution in [2.75, 3.05) is 13.2 Å². The van der Waals surface area contributed by atoms with E-state index in [1.807, 2.05) is 12.1 Å². The van der Waals surface area contributed by atoms with E-state index in [4.69, 9.17) is 9.47 Å². The van der Waals surface area contributed by atoms with E-state index in [1.165, 1.54) is 0 Å². The first kappa shape index (κ1) is 15.4. The molecule has 1 aliphatic rings. The fourth-order valence-corrected chi connectivity index (χ4v) is 2.39. The highest BCUT2D eigenvalue weighted by Crippen LogP contribution is 2.16. The van der Waals surface area contributed by atoms with Crippen molar-refractivity contribution in [2.45, 2.75) is 31.9 Å².